The van der Waals surface area contributed by atoms with E-state index in [-0.39, 0.29) is 4.90 Å². The van der Waals surface area contributed by atoms with Crippen LogP contribution in [0.5, 0.6) is 5.75 Å². The fourth-order valence-electron chi connectivity index (χ4n) is 1.24. The van der Waals surface area contributed by atoms with Gasteiger partial charge in [0.2, 0.25) is 0 Å². The highest BCUT2D eigenvalue weighted by molar-refractivity contribution is 7.90. The van der Waals surface area contributed by atoms with Crippen molar-refractivity contribution >= 4 is 9.84 Å². The highest BCUT2D eigenvalue weighted by atomic mass is 32.2. The first-order chi connectivity index (χ1) is 8.04. The lowest BCUT2D eigenvalue weighted by Gasteiger charge is -2.07. The topological polar surface area (TPSA) is 55.4 Å². The van der Waals surface area contributed by atoms with Gasteiger partial charge in [0.25, 0.3) is 0 Å². The maximum atomic E-state index is 11.3. The molecule has 1 rings (SSSR count). The summed E-state index contributed by atoms with van der Waals surface area (Å²) in [6, 6.07) is 6.49. The van der Waals surface area contributed by atoms with Gasteiger partial charge in [0.05, 0.1) is 4.90 Å². The van der Waals surface area contributed by atoms with Crippen molar-refractivity contribution in [3.05, 3.63) is 36.9 Å². The molecular weight excluding hydrogens is 238 g/mol. The summed E-state index contributed by atoms with van der Waals surface area (Å²) in [5, 5.41) is 3.09. The zero-order valence-electron chi connectivity index (χ0n) is 9.85. The van der Waals surface area contributed by atoms with Crippen molar-refractivity contribution in [2.45, 2.75) is 4.90 Å². The second-order valence-electron chi connectivity index (χ2n) is 3.59. The molecule has 0 radical (unpaired) electrons. The zero-order chi connectivity index (χ0) is 12.7. The quantitative estimate of drug-likeness (QED) is 0.588. The van der Waals surface area contributed by atoms with E-state index in [0.717, 1.165) is 6.54 Å². The van der Waals surface area contributed by atoms with Crippen molar-refractivity contribution in [2.24, 2.45) is 0 Å². The van der Waals surface area contributed by atoms with Crippen molar-refractivity contribution in [3.8, 4) is 5.75 Å². The lowest BCUT2D eigenvalue weighted by atomic mass is 10.3. The molecule has 0 aliphatic heterocycles. The third-order valence-electron chi connectivity index (χ3n) is 2.07. The smallest absolute Gasteiger partial charge is 0.175 e. The first-order valence-corrected chi connectivity index (χ1v) is 7.17. The molecule has 1 aromatic rings. The summed E-state index contributed by atoms with van der Waals surface area (Å²) in [7, 11) is -3.17. The lowest BCUT2D eigenvalue weighted by molar-refractivity contribution is 0.315. The second kappa shape index (κ2) is 6.42. The number of nitrogens with one attached hydrogen (secondary N) is 1. The van der Waals surface area contributed by atoms with Crippen LogP contribution in [0, 0.1) is 0 Å². The highest BCUT2D eigenvalue weighted by Gasteiger charge is 2.07. The van der Waals surface area contributed by atoms with Crippen LogP contribution < -0.4 is 10.1 Å². The summed E-state index contributed by atoms with van der Waals surface area (Å²) in [6.07, 6.45) is 2.95. The third kappa shape index (κ3) is 5.01. The first kappa shape index (κ1) is 13.7. The van der Waals surface area contributed by atoms with Gasteiger partial charge in [-0.05, 0) is 18.2 Å². The van der Waals surface area contributed by atoms with Gasteiger partial charge in [-0.3, -0.25) is 0 Å². The van der Waals surface area contributed by atoms with Crippen LogP contribution in [-0.2, 0) is 9.84 Å². The van der Waals surface area contributed by atoms with E-state index in [0.29, 0.717) is 18.9 Å². The normalized spacial score (nSPS) is 11.1. The maximum absolute atomic E-state index is 11.3. The Balaban J connectivity index is 2.52. The monoisotopic (exact) mass is 255 g/mol. The van der Waals surface area contributed by atoms with Crippen LogP contribution in [0.2, 0.25) is 0 Å². The molecule has 0 heterocycles. The largest absolute Gasteiger partial charge is 0.492 e. The molecule has 0 saturated carbocycles. The van der Waals surface area contributed by atoms with Crippen LogP contribution in [0.3, 0.4) is 0 Å². The molecule has 1 aromatic carbocycles. The van der Waals surface area contributed by atoms with Crippen molar-refractivity contribution in [1.82, 2.24) is 5.32 Å². The summed E-state index contributed by atoms with van der Waals surface area (Å²) < 4.78 is 28.1. The van der Waals surface area contributed by atoms with E-state index in [4.69, 9.17) is 4.74 Å². The molecule has 0 aromatic heterocycles. The molecule has 17 heavy (non-hydrogen) atoms. The Labute approximate surface area is 102 Å². The van der Waals surface area contributed by atoms with Crippen molar-refractivity contribution in [1.29, 1.82) is 0 Å². The van der Waals surface area contributed by atoms with E-state index in [1.54, 1.807) is 24.3 Å². The van der Waals surface area contributed by atoms with Crippen LogP contribution >= 0.6 is 0 Å². The molecule has 0 bridgehead atoms. The Morgan fingerprint density at radius 2 is 2.24 bits per heavy atom. The molecule has 5 heteroatoms. The van der Waals surface area contributed by atoms with Crippen molar-refractivity contribution in [3.63, 3.8) is 0 Å². The van der Waals surface area contributed by atoms with Crippen LogP contribution in [0.1, 0.15) is 0 Å². The predicted molar refractivity (Wildman–Crippen MR) is 68.1 cm³/mol. The van der Waals surface area contributed by atoms with E-state index in [1.165, 1.54) is 12.3 Å². The molecular formula is C12H17NO3S. The summed E-state index contributed by atoms with van der Waals surface area (Å²) in [6.45, 7) is 5.49. The number of sulfone groups is 1. The van der Waals surface area contributed by atoms with E-state index < -0.39 is 9.84 Å². The average molecular weight is 255 g/mol. The zero-order valence-corrected chi connectivity index (χ0v) is 10.7. The van der Waals surface area contributed by atoms with E-state index in [2.05, 4.69) is 11.9 Å². The second-order valence-corrected chi connectivity index (χ2v) is 5.60. The standard InChI is InChI=1S/C12H17NO3S/c1-3-7-13-8-9-16-11-5-4-6-12(10-11)17(2,14)15/h3-6,10,13H,1,7-9H2,2H3. The first-order valence-electron chi connectivity index (χ1n) is 5.28. The van der Waals surface area contributed by atoms with Crippen LogP contribution in [0.25, 0.3) is 0 Å². The fourth-order valence-corrected chi connectivity index (χ4v) is 1.90. The minimum atomic E-state index is -3.17. The molecule has 94 valence electrons. The van der Waals surface area contributed by atoms with Gasteiger partial charge in [0.15, 0.2) is 9.84 Å². The SMILES string of the molecule is C=CCNCCOc1cccc(S(C)(=O)=O)c1. The molecule has 0 unspecified atom stereocenters. The lowest BCUT2D eigenvalue weighted by Crippen LogP contribution is -2.20. The summed E-state index contributed by atoms with van der Waals surface area (Å²) in [5.74, 6) is 0.563. The Hall–Kier alpha value is -1.33. The predicted octanol–water partition coefficient (Wildman–Crippen LogP) is 1.24. The Morgan fingerprint density at radius 3 is 2.88 bits per heavy atom. The van der Waals surface area contributed by atoms with E-state index in [1.807, 2.05) is 0 Å². The van der Waals surface area contributed by atoms with Gasteiger partial charge in [-0.25, -0.2) is 8.42 Å². The minimum Gasteiger partial charge on any atom is -0.492 e. The Kier molecular flexibility index (Phi) is 5.18. The highest BCUT2D eigenvalue weighted by Crippen LogP contribution is 2.16. The molecule has 0 spiro atoms. The van der Waals surface area contributed by atoms with Gasteiger partial charge in [0.1, 0.15) is 12.4 Å². The number of hydrogen-bond acceptors (Lipinski definition) is 4. The van der Waals surface area contributed by atoms with Crippen LogP contribution in [0.15, 0.2) is 41.8 Å². The summed E-state index contributed by atoms with van der Waals surface area (Å²) in [5.41, 5.74) is 0. The van der Waals surface area contributed by atoms with Gasteiger partial charge in [-0.2, -0.15) is 0 Å². The van der Waals surface area contributed by atoms with Gasteiger partial charge in [0, 0.05) is 19.3 Å². The van der Waals surface area contributed by atoms with Gasteiger partial charge < -0.3 is 10.1 Å². The molecule has 4 nitrogen and oxygen atoms in total. The molecule has 0 amide bonds. The molecule has 0 saturated heterocycles. The van der Waals surface area contributed by atoms with Crippen LogP contribution in [-0.4, -0.2) is 34.4 Å². The third-order valence-corrected chi connectivity index (χ3v) is 3.18. The molecule has 0 aliphatic carbocycles. The number of hydrogen-bond donors (Lipinski definition) is 1. The number of benzene rings is 1. The Bertz CT molecular complexity index is 468. The summed E-state index contributed by atoms with van der Waals surface area (Å²) in [4.78, 5) is 0.272. The van der Waals surface area contributed by atoms with Crippen molar-refractivity contribution < 1.29 is 13.2 Å². The van der Waals surface area contributed by atoms with Gasteiger partial charge in [-0.15, -0.1) is 6.58 Å². The average Bonchev–Trinajstić information content (AvgIpc) is 2.28. The van der Waals surface area contributed by atoms with Gasteiger partial charge in [-0.1, -0.05) is 12.1 Å². The molecule has 0 aliphatic rings. The van der Waals surface area contributed by atoms with Crippen LogP contribution in [0.4, 0.5) is 0 Å². The molecule has 0 atom stereocenters. The van der Waals surface area contributed by atoms with E-state index >= 15 is 0 Å². The number of ether oxygens (including phenoxy) is 1. The van der Waals surface area contributed by atoms with Gasteiger partial charge >= 0.3 is 0 Å². The van der Waals surface area contributed by atoms with E-state index in [9.17, 15) is 8.42 Å². The Morgan fingerprint density at radius 1 is 1.47 bits per heavy atom. The number of rotatable bonds is 7. The molecule has 1 N–H and O–H groups in total. The minimum absolute atomic E-state index is 0.272. The summed E-state index contributed by atoms with van der Waals surface area (Å²) >= 11 is 0. The van der Waals surface area contributed by atoms with Crippen molar-refractivity contribution in [2.75, 3.05) is 26.0 Å². The maximum Gasteiger partial charge on any atom is 0.175 e. The fraction of sp³-hybridized carbons (Fsp3) is 0.333. The molecule has 0 fully saturated rings.